The van der Waals surface area contributed by atoms with Crippen molar-refractivity contribution in [2.24, 2.45) is 0 Å². The van der Waals surface area contributed by atoms with Crippen LogP contribution in [0.5, 0.6) is 0 Å². The number of nitrogens with zero attached hydrogens (tertiary/aromatic N) is 1. The SMILES string of the molecule is CCCN(CC(=O)O)CC(=O)NC(=O)NC(C)COC. The Morgan fingerprint density at radius 2 is 1.95 bits per heavy atom. The lowest BCUT2D eigenvalue weighted by Crippen LogP contribution is -2.48. The van der Waals surface area contributed by atoms with Crippen LogP contribution in [0.4, 0.5) is 4.79 Å². The topological polar surface area (TPSA) is 108 Å². The zero-order valence-corrected chi connectivity index (χ0v) is 12.1. The van der Waals surface area contributed by atoms with Gasteiger partial charge in [0.15, 0.2) is 0 Å². The van der Waals surface area contributed by atoms with Crippen LogP contribution in [0.1, 0.15) is 20.3 Å². The zero-order chi connectivity index (χ0) is 15.5. The minimum atomic E-state index is -1.01. The quantitative estimate of drug-likeness (QED) is 0.535. The van der Waals surface area contributed by atoms with Crippen LogP contribution >= 0.6 is 0 Å². The summed E-state index contributed by atoms with van der Waals surface area (Å²) in [7, 11) is 1.51. The van der Waals surface area contributed by atoms with Crippen LogP contribution in [0, 0.1) is 0 Å². The van der Waals surface area contributed by atoms with Crippen LogP contribution in [0.15, 0.2) is 0 Å². The van der Waals surface area contributed by atoms with E-state index in [4.69, 9.17) is 9.84 Å². The molecule has 0 rings (SSSR count). The molecule has 0 aromatic heterocycles. The van der Waals surface area contributed by atoms with Crippen LogP contribution in [-0.2, 0) is 14.3 Å². The third kappa shape index (κ3) is 9.29. The first-order valence-electron chi connectivity index (χ1n) is 6.42. The maximum Gasteiger partial charge on any atom is 0.321 e. The summed E-state index contributed by atoms with van der Waals surface area (Å²) in [5.41, 5.74) is 0. The van der Waals surface area contributed by atoms with Crippen molar-refractivity contribution in [1.29, 1.82) is 0 Å². The molecule has 0 saturated carbocycles. The number of hydrogen-bond acceptors (Lipinski definition) is 5. The summed E-state index contributed by atoms with van der Waals surface area (Å²) >= 11 is 0. The Morgan fingerprint density at radius 3 is 2.45 bits per heavy atom. The fourth-order valence-corrected chi connectivity index (χ4v) is 1.64. The van der Waals surface area contributed by atoms with Crippen molar-refractivity contribution >= 4 is 17.9 Å². The standard InChI is InChI=1S/C12H23N3O5/c1-4-5-15(7-11(17)18)6-10(16)14-12(19)13-9(2)8-20-3/h9H,4-8H2,1-3H3,(H,17,18)(H2,13,14,16,19). The van der Waals surface area contributed by atoms with Gasteiger partial charge in [-0.05, 0) is 19.9 Å². The molecule has 0 fully saturated rings. The summed E-state index contributed by atoms with van der Waals surface area (Å²) in [4.78, 5) is 35.2. The Balaban J connectivity index is 4.17. The predicted molar refractivity (Wildman–Crippen MR) is 72.4 cm³/mol. The van der Waals surface area contributed by atoms with E-state index in [1.54, 1.807) is 6.92 Å². The largest absolute Gasteiger partial charge is 0.480 e. The molecule has 0 aliphatic heterocycles. The van der Waals surface area contributed by atoms with Crippen molar-refractivity contribution in [2.75, 3.05) is 33.4 Å². The molecule has 0 aliphatic carbocycles. The lowest BCUT2D eigenvalue weighted by Gasteiger charge is -2.19. The summed E-state index contributed by atoms with van der Waals surface area (Å²) in [5, 5.41) is 13.4. The Labute approximate surface area is 118 Å². The molecule has 8 nitrogen and oxygen atoms in total. The second-order valence-corrected chi connectivity index (χ2v) is 4.48. The van der Waals surface area contributed by atoms with E-state index in [0.717, 1.165) is 6.42 Å². The molecular formula is C12H23N3O5. The second kappa shape index (κ2) is 10.2. The lowest BCUT2D eigenvalue weighted by atomic mass is 10.3. The summed E-state index contributed by atoms with van der Waals surface area (Å²) in [5.74, 6) is -1.55. The van der Waals surface area contributed by atoms with Crippen molar-refractivity contribution in [3.05, 3.63) is 0 Å². The number of carboxylic acid groups (broad SMARTS) is 1. The Hall–Kier alpha value is -1.67. The smallest absolute Gasteiger partial charge is 0.321 e. The molecule has 0 aromatic rings. The molecule has 1 unspecified atom stereocenters. The molecule has 0 bridgehead atoms. The highest BCUT2D eigenvalue weighted by Gasteiger charge is 2.16. The van der Waals surface area contributed by atoms with Gasteiger partial charge in [0.1, 0.15) is 0 Å². The Bertz CT molecular complexity index is 335. The van der Waals surface area contributed by atoms with Crippen molar-refractivity contribution in [3.8, 4) is 0 Å². The van der Waals surface area contributed by atoms with Gasteiger partial charge in [0, 0.05) is 7.11 Å². The molecule has 0 spiro atoms. The maximum absolute atomic E-state index is 11.6. The highest BCUT2D eigenvalue weighted by molar-refractivity contribution is 5.95. The summed E-state index contributed by atoms with van der Waals surface area (Å²) in [6, 6.07) is -0.843. The van der Waals surface area contributed by atoms with E-state index in [-0.39, 0.29) is 19.1 Å². The molecule has 8 heteroatoms. The summed E-state index contributed by atoms with van der Waals surface area (Å²) < 4.78 is 4.85. The maximum atomic E-state index is 11.6. The average molecular weight is 289 g/mol. The van der Waals surface area contributed by atoms with Gasteiger partial charge in [0.25, 0.3) is 0 Å². The molecule has 3 N–H and O–H groups in total. The van der Waals surface area contributed by atoms with Crippen molar-refractivity contribution < 1.29 is 24.2 Å². The number of hydrogen-bond donors (Lipinski definition) is 3. The van der Waals surface area contributed by atoms with E-state index in [0.29, 0.717) is 13.2 Å². The molecule has 0 aromatic carbocycles. The number of aliphatic carboxylic acids is 1. The Morgan fingerprint density at radius 1 is 1.30 bits per heavy atom. The van der Waals surface area contributed by atoms with Crippen LogP contribution in [-0.4, -0.2) is 67.3 Å². The highest BCUT2D eigenvalue weighted by atomic mass is 16.5. The van der Waals surface area contributed by atoms with Crippen LogP contribution in [0.3, 0.4) is 0 Å². The van der Waals surface area contributed by atoms with E-state index in [1.165, 1.54) is 12.0 Å². The number of methoxy groups -OCH3 is 1. The van der Waals surface area contributed by atoms with Gasteiger partial charge in [0.05, 0.1) is 25.7 Å². The highest BCUT2D eigenvalue weighted by Crippen LogP contribution is 1.91. The fraction of sp³-hybridized carbons (Fsp3) is 0.750. The molecule has 0 aliphatic rings. The van der Waals surface area contributed by atoms with Crippen molar-refractivity contribution in [2.45, 2.75) is 26.3 Å². The van der Waals surface area contributed by atoms with E-state index in [9.17, 15) is 14.4 Å². The van der Waals surface area contributed by atoms with E-state index >= 15 is 0 Å². The predicted octanol–water partition coefficient (Wildman–Crippen LogP) is -0.356. The van der Waals surface area contributed by atoms with Gasteiger partial charge < -0.3 is 15.2 Å². The number of nitrogens with one attached hydrogen (secondary N) is 2. The minimum absolute atomic E-state index is 0.133. The number of carbonyl (C=O) groups excluding carboxylic acids is 2. The fourth-order valence-electron chi connectivity index (χ4n) is 1.64. The van der Waals surface area contributed by atoms with Gasteiger partial charge in [-0.2, -0.15) is 0 Å². The van der Waals surface area contributed by atoms with E-state index in [2.05, 4.69) is 10.6 Å². The van der Waals surface area contributed by atoms with Gasteiger partial charge in [-0.15, -0.1) is 0 Å². The monoisotopic (exact) mass is 289 g/mol. The molecule has 0 saturated heterocycles. The summed E-state index contributed by atoms with van der Waals surface area (Å²) in [6.07, 6.45) is 0.720. The number of amides is 3. The van der Waals surface area contributed by atoms with Crippen molar-refractivity contribution in [3.63, 3.8) is 0 Å². The average Bonchev–Trinajstić information content (AvgIpc) is 2.27. The number of urea groups is 1. The van der Waals surface area contributed by atoms with Gasteiger partial charge >= 0.3 is 12.0 Å². The molecule has 1 atom stereocenters. The van der Waals surface area contributed by atoms with Gasteiger partial charge in [-0.3, -0.25) is 19.8 Å². The zero-order valence-electron chi connectivity index (χ0n) is 12.1. The van der Waals surface area contributed by atoms with Gasteiger partial charge in [0.2, 0.25) is 5.91 Å². The van der Waals surface area contributed by atoms with Crippen LogP contribution < -0.4 is 10.6 Å². The van der Waals surface area contributed by atoms with Gasteiger partial charge in [-0.25, -0.2) is 4.79 Å². The molecule has 0 heterocycles. The van der Waals surface area contributed by atoms with E-state index < -0.39 is 17.9 Å². The normalized spacial score (nSPS) is 12.0. The first-order chi connectivity index (χ1) is 9.38. The minimum Gasteiger partial charge on any atom is -0.480 e. The molecule has 116 valence electrons. The number of carboxylic acids is 1. The number of imide groups is 1. The van der Waals surface area contributed by atoms with Crippen LogP contribution in [0.25, 0.3) is 0 Å². The lowest BCUT2D eigenvalue weighted by molar-refractivity contribution is -0.138. The van der Waals surface area contributed by atoms with E-state index in [1.807, 2.05) is 6.92 Å². The molecule has 3 amide bonds. The Kier molecular flexibility index (Phi) is 9.31. The number of ether oxygens (including phenoxy) is 1. The van der Waals surface area contributed by atoms with Gasteiger partial charge in [-0.1, -0.05) is 6.92 Å². The number of rotatable bonds is 9. The molecule has 20 heavy (non-hydrogen) atoms. The first-order valence-corrected chi connectivity index (χ1v) is 6.42. The second-order valence-electron chi connectivity index (χ2n) is 4.48. The molecular weight excluding hydrogens is 266 g/mol. The van der Waals surface area contributed by atoms with Crippen LogP contribution in [0.2, 0.25) is 0 Å². The van der Waals surface area contributed by atoms with Crippen molar-refractivity contribution in [1.82, 2.24) is 15.5 Å². The third-order valence-electron chi connectivity index (χ3n) is 2.31. The summed E-state index contributed by atoms with van der Waals surface area (Å²) in [6.45, 7) is 4.06. The first kappa shape index (κ1) is 18.3. The third-order valence-corrected chi connectivity index (χ3v) is 2.31. The number of carbonyl (C=O) groups is 3. The molecule has 0 radical (unpaired) electrons.